The Kier molecular flexibility index (Phi) is 4.07. The monoisotopic (exact) mass is 235 g/mol. The van der Waals surface area contributed by atoms with Crippen molar-refractivity contribution >= 4 is 6.03 Å². The van der Waals surface area contributed by atoms with Crippen molar-refractivity contribution in [1.29, 1.82) is 0 Å². The number of urea groups is 1. The van der Waals surface area contributed by atoms with Crippen LogP contribution in [0.15, 0.2) is 18.5 Å². The van der Waals surface area contributed by atoms with Gasteiger partial charge in [-0.05, 0) is 24.5 Å². The molecule has 0 spiro atoms. The first-order valence-electron chi connectivity index (χ1n) is 6.39. The standard InChI is InChI=1S/C13H21N3O/c1-16-8-7-11(10-16)9-14-13(17)15-12-5-3-2-4-6-12/h7-8,10,12H,2-6,9H2,1H3,(H2,14,15,17). The lowest BCUT2D eigenvalue weighted by Crippen LogP contribution is -2.42. The summed E-state index contributed by atoms with van der Waals surface area (Å²) in [6.45, 7) is 0.597. The molecule has 1 aromatic heterocycles. The number of carbonyl (C=O) groups is 1. The highest BCUT2D eigenvalue weighted by Crippen LogP contribution is 2.17. The van der Waals surface area contributed by atoms with Crippen LogP contribution in [-0.2, 0) is 13.6 Å². The van der Waals surface area contributed by atoms with Crippen molar-refractivity contribution in [3.05, 3.63) is 24.0 Å². The Morgan fingerprint density at radius 3 is 2.82 bits per heavy atom. The van der Waals surface area contributed by atoms with E-state index in [1.165, 1.54) is 19.3 Å². The second kappa shape index (κ2) is 5.75. The fraction of sp³-hybridized carbons (Fsp3) is 0.615. The minimum atomic E-state index is -0.0410. The van der Waals surface area contributed by atoms with Gasteiger partial charge >= 0.3 is 6.03 Å². The molecule has 2 rings (SSSR count). The molecule has 0 atom stereocenters. The largest absolute Gasteiger partial charge is 0.357 e. The summed E-state index contributed by atoms with van der Waals surface area (Å²) in [6, 6.07) is 2.35. The van der Waals surface area contributed by atoms with Crippen LogP contribution in [0.25, 0.3) is 0 Å². The number of nitrogens with zero attached hydrogens (tertiary/aromatic N) is 1. The molecular formula is C13H21N3O. The van der Waals surface area contributed by atoms with Crippen molar-refractivity contribution in [2.24, 2.45) is 7.05 Å². The molecule has 0 radical (unpaired) electrons. The third-order valence-corrected chi connectivity index (χ3v) is 3.29. The summed E-state index contributed by atoms with van der Waals surface area (Å²) in [7, 11) is 1.98. The van der Waals surface area contributed by atoms with Crippen LogP contribution in [0.5, 0.6) is 0 Å². The molecule has 1 aliphatic carbocycles. The van der Waals surface area contributed by atoms with Gasteiger partial charge in [0.05, 0.1) is 0 Å². The summed E-state index contributed by atoms with van der Waals surface area (Å²) in [5.41, 5.74) is 1.13. The maximum Gasteiger partial charge on any atom is 0.315 e. The van der Waals surface area contributed by atoms with Crippen LogP contribution in [0, 0.1) is 0 Å². The first kappa shape index (κ1) is 12.0. The lowest BCUT2D eigenvalue weighted by Gasteiger charge is -2.22. The number of aromatic nitrogens is 1. The van der Waals surface area contributed by atoms with E-state index in [1.807, 2.05) is 30.1 Å². The van der Waals surface area contributed by atoms with E-state index in [0.717, 1.165) is 18.4 Å². The van der Waals surface area contributed by atoms with Crippen LogP contribution in [0.1, 0.15) is 37.7 Å². The lowest BCUT2D eigenvalue weighted by atomic mass is 9.96. The number of rotatable bonds is 3. The SMILES string of the molecule is Cn1ccc(CNC(=O)NC2CCCCC2)c1. The maximum atomic E-state index is 11.7. The predicted octanol–water partition coefficient (Wildman–Crippen LogP) is 2.16. The molecule has 17 heavy (non-hydrogen) atoms. The van der Waals surface area contributed by atoms with Gasteiger partial charge in [-0.2, -0.15) is 0 Å². The molecule has 0 aromatic carbocycles. The minimum absolute atomic E-state index is 0.0410. The van der Waals surface area contributed by atoms with E-state index in [4.69, 9.17) is 0 Å². The van der Waals surface area contributed by atoms with E-state index in [-0.39, 0.29) is 6.03 Å². The van der Waals surface area contributed by atoms with Gasteiger partial charge in [-0.15, -0.1) is 0 Å². The highest BCUT2D eigenvalue weighted by atomic mass is 16.2. The Hall–Kier alpha value is -1.45. The Morgan fingerprint density at radius 1 is 1.41 bits per heavy atom. The molecule has 0 saturated heterocycles. The van der Waals surface area contributed by atoms with E-state index < -0.39 is 0 Å². The van der Waals surface area contributed by atoms with Crippen molar-refractivity contribution in [2.45, 2.75) is 44.7 Å². The number of hydrogen-bond donors (Lipinski definition) is 2. The number of nitrogens with one attached hydrogen (secondary N) is 2. The fourth-order valence-corrected chi connectivity index (χ4v) is 2.33. The van der Waals surface area contributed by atoms with Gasteiger partial charge < -0.3 is 15.2 Å². The van der Waals surface area contributed by atoms with E-state index in [1.54, 1.807) is 0 Å². The van der Waals surface area contributed by atoms with Gasteiger partial charge in [0.15, 0.2) is 0 Å². The van der Waals surface area contributed by atoms with Crippen LogP contribution in [0.3, 0.4) is 0 Å². The quantitative estimate of drug-likeness (QED) is 0.828. The van der Waals surface area contributed by atoms with Crippen LogP contribution in [0.2, 0.25) is 0 Å². The third-order valence-electron chi connectivity index (χ3n) is 3.29. The van der Waals surface area contributed by atoms with Gasteiger partial charge in [0, 0.05) is 32.0 Å². The van der Waals surface area contributed by atoms with Crippen molar-refractivity contribution in [1.82, 2.24) is 15.2 Å². The van der Waals surface area contributed by atoms with E-state index >= 15 is 0 Å². The summed E-state index contributed by atoms with van der Waals surface area (Å²) < 4.78 is 1.98. The van der Waals surface area contributed by atoms with Gasteiger partial charge in [-0.3, -0.25) is 0 Å². The van der Waals surface area contributed by atoms with Crippen molar-refractivity contribution in [3.63, 3.8) is 0 Å². The summed E-state index contributed by atoms with van der Waals surface area (Å²) in [5, 5.41) is 5.94. The summed E-state index contributed by atoms with van der Waals surface area (Å²) >= 11 is 0. The van der Waals surface area contributed by atoms with Crippen molar-refractivity contribution in [2.75, 3.05) is 0 Å². The second-order valence-electron chi connectivity index (χ2n) is 4.85. The molecule has 0 bridgehead atoms. The molecule has 4 nitrogen and oxygen atoms in total. The molecule has 1 heterocycles. The first-order chi connectivity index (χ1) is 8.24. The van der Waals surface area contributed by atoms with Crippen molar-refractivity contribution < 1.29 is 4.79 Å². The number of aryl methyl sites for hydroxylation is 1. The van der Waals surface area contributed by atoms with E-state index in [9.17, 15) is 4.79 Å². The van der Waals surface area contributed by atoms with E-state index in [0.29, 0.717) is 12.6 Å². The second-order valence-corrected chi connectivity index (χ2v) is 4.85. The Morgan fingerprint density at radius 2 is 2.18 bits per heavy atom. The van der Waals surface area contributed by atoms with Crippen LogP contribution in [0.4, 0.5) is 4.79 Å². The molecule has 0 aliphatic heterocycles. The van der Waals surface area contributed by atoms with Gasteiger partial charge in [-0.1, -0.05) is 19.3 Å². The molecule has 2 N–H and O–H groups in total. The molecule has 1 saturated carbocycles. The number of hydrogen-bond acceptors (Lipinski definition) is 1. The molecule has 2 amide bonds. The smallest absolute Gasteiger partial charge is 0.315 e. The Bertz CT molecular complexity index is 366. The Balaban J connectivity index is 1.70. The topological polar surface area (TPSA) is 46.1 Å². The first-order valence-corrected chi connectivity index (χ1v) is 6.39. The van der Waals surface area contributed by atoms with Gasteiger partial charge in [-0.25, -0.2) is 4.79 Å². The van der Waals surface area contributed by atoms with Crippen molar-refractivity contribution in [3.8, 4) is 0 Å². The highest BCUT2D eigenvalue weighted by Gasteiger charge is 2.15. The molecule has 0 unspecified atom stereocenters. The minimum Gasteiger partial charge on any atom is -0.357 e. The normalized spacial score (nSPS) is 16.8. The summed E-state index contributed by atoms with van der Waals surface area (Å²) in [4.78, 5) is 11.7. The third kappa shape index (κ3) is 3.80. The summed E-state index contributed by atoms with van der Waals surface area (Å²) in [6.07, 6.45) is 10.0. The maximum absolute atomic E-state index is 11.7. The molecule has 94 valence electrons. The average Bonchev–Trinajstić information content (AvgIpc) is 2.74. The zero-order valence-corrected chi connectivity index (χ0v) is 10.4. The van der Waals surface area contributed by atoms with Gasteiger partial charge in [0.2, 0.25) is 0 Å². The van der Waals surface area contributed by atoms with Gasteiger partial charge in [0.25, 0.3) is 0 Å². The van der Waals surface area contributed by atoms with E-state index in [2.05, 4.69) is 10.6 Å². The van der Waals surface area contributed by atoms with Crippen LogP contribution in [-0.4, -0.2) is 16.6 Å². The molecule has 1 aliphatic rings. The zero-order valence-electron chi connectivity index (χ0n) is 10.4. The Labute approximate surface area is 102 Å². The number of amides is 2. The predicted molar refractivity (Wildman–Crippen MR) is 67.7 cm³/mol. The summed E-state index contributed by atoms with van der Waals surface area (Å²) in [5.74, 6) is 0. The molecular weight excluding hydrogens is 214 g/mol. The van der Waals surface area contributed by atoms with Gasteiger partial charge in [0.1, 0.15) is 0 Å². The molecule has 1 aromatic rings. The number of carbonyl (C=O) groups excluding carboxylic acids is 1. The van der Waals surface area contributed by atoms with Crippen LogP contribution < -0.4 is 10.6 Å². The lowest BCUT2D eigenvalue weighted by molar-refractivity contribution is 0.232. The molecule has 4 heteroatoms. The zero-order chi connectivity index (χ0) is 12.1. The van der Waals surface area contributed by atoms with Crippen LogP contribution >= 0.6 is 0 Å². The molecule has 1 fully saturated rings. The average molecular weight is 235 g/mol. The highest BCUT2D eigenvalue weighted by molar-refractivity contribution is 5.74. The fourth-order valence-electron chi connectivity index (χ4n) is 2.33.